The number of nitrogens with one attached hydrogen (secondary N) is 1. The number of carbonyl (C=O) groups is 1. The first-order valence-electron chi connectivity index (χ1n) is 9.77. The number of amides is 1. The molecule has 7 nitrogen and oxygen atoms in total. The van der Waals surface area contributed by atoms with Crippen molar-refractivity contribution in [3.05, 3.63) is 74.6 Å². The minimum atomic E-state index is -4.47. The van der Waals surface area contributed by atoms with Crippen LogP contribution in [-0.2, 0) is 17.4 Å². The molecule has 1 N–H and O–H groups in total. The van der Waals surface area contributed by atoms with E-state index in [2.05, 4.69) is 9.97 Å². The molecule has 1 fully saturated rings. The summed E-state index contributed by atoms with van der Waals surface area (Å²) in [5, 5.41) is 0.310. The van der Waals surface area contributed by atoms with Gasteiger partial charge in [0, 0.05) is 25.3 Å². The van der Waals surface area contributed by atoms with Crippen LogP contribution in [0.1, 0.15) is 30.0 Å². The molecule has 0 saturated carbocycles. The molecule has 162 valence electrons. The largest absolute Gasteiger partial charge is 0.416 e. The van der Waals surface area contributed by atoms with Crippen LogP contribution in [0.2, 0.25) is 0 Å². The second-order valence-electron chi connectivity index (χ2n) is 7.49. The summed E-state index contributed by atoms with van der Waals surface area (Å²) < 4.78 is 39.8. The van der Waals surface area contributed by atoms with Gasteiger partial charge in [-0.15, -0.1) is 0 Å². The van der Waals surface area contributed by atoms with Gasteiger partial charge in [0.1, 0.15) is 5.65 Å². The van der Waals surface area contributed by atoms with Crippen LogP contribution in [0.25, 0.3) is 11.0 Å². The molecule has 0 radical (unpaired) electrons. The third-order valence-corrected chi connectivity index (χ3v) is 5.49. The number of halogens is 3. The first kappa shape index (κ1) is 20.8. The number of aromatic amines is 1. The van der Waals surface area contributed by atoms with Gasteiger partial charge in [0.2, 0.25) is 5.91 Å². The number of hydrogen-bond donors (Lipinski definition) is 1. The van der Waals surface area contributed by atoms with E-state index in [9.17, 15) is 27.6 Å². The zero-order valence-electron chi connectivity index (χ0n) is 16.4. The van der Waals surface area contributed by atoms with Crippen molar-refractivity contribution in [1.29, 1.82) is 0 Å². The highest BCUT2D eigenvalue weighted by molar-refractivity contribution is 5.79. The molecule has 0 unspecified atom stereocenters. The number of nitrogens with zero attached hydrogens (tertiary/aromatic N) is 3. The summed E-state index contributed by atoms with van der Waals surface area (Å²) in [4.78, 5) is 45.9. The molecule has 3 aromatic rings. The summed E-state index contributed by atoms with van der Waals surface area (Å²) in [7, 11) is 0. The number of hydrogen-bond acceptors (Lipinski definition) is 4. The number of alkyl halides is 3. The fourth-order valence-electron chi connectivity index (χ4n) is 3.91. The normalized spacial score (nSPS) is 15.4. The van der Waals surface area contributed by atoms with Crippen LogP contribution in [0, 0.1) is 0 Å². The maximum atomic E-state index is 12.9. The Labute approximate surface area is 174 Å². The monoisotopic (exact) mass is 432 g/mol. The Bertz CT molecular complexity index is 1240. The van der Waals surface area contributed by atoms with Gasteiger partial charge in [0.05, 0.1) is 17.4 Å². The fourth-order valence-corrected chi connectivity index (χ4v) is 3.91. The van der Waals surface area contributed by atoms with Crippen LogP contribution < -0.4 is 11.2 Å². The van der Waals surface area contributed by atoms with E-state index in [0.29, 0.717) is 31.3 Å². The van der Waals surface area contributed by atoms with Crippen molar-refractivity contribution < 1.29 is 18.0 Å². The van der Waals surface area contributed by atoms with Gasteiger partial charge in [0.25, 0.3) is 5.56 Å². The van der Waals surface area contributed by atoms with Gasteiger partial charge in [-0.25, -0.2) is 9.78 Å². The predicted molar refractivity (Wildman–Crippen MR) is 107 cm³/mol. The van der Waals surface area contributed by atoms with Crippen LogP contribution in [0.3, 0.4) is 0 Å². The molecule has 3 heterocycles. The summed E-state index contributed by atoms with van der Waals surface area (Å²) in [6.07, 6.45) is -2.34. The predicted octanol–water partition coefficient (Wildman–Crippen LogP) is 2.51. The molecule has 1 aromatic carbocycles. The van der Waals surface area contributed by atoms with Gasteiger partial charge in [-0.2, -0.15) is 13.2 Å². The Morgan fingerprint density at radius 2 is 1.87 bits per heavy atom. The van der Waals surface area contributed by atoms with Crippen molar-refractivity contribution in [2.45, 2.75) is 31.5 Å². The molecular weight excluding hydrogens is 413 g/mol. The summed E-state index contributed by atoms with van der Waals surface area (Å²) >= 11 is 0. The second-order valence-corrected chi connectivity index (χ2v) is 7.49. The Balaban J connectivity index is 1.46. The van der Waals surface area contributed by atoms with Crippen molar-refractivity contribution in [3.8, 4) is 0 Å². The third kappa shape index (κ3) is 4.23. The fraction of sp³-hybridized carbons (Fsp3) is 0.333. The van der Waals surface area contributed by atoms with Gasteiger partial charge in [-0.05, 0) is 36.6 Å². The molecule has 0 aliphatic carbocycles. The first-order valence-corrected chi connectivity index (χ1v) is 9.77. The zero-order chi connectivity index (χ0) is 22.2. The molecule has 0 bridgehead atoms. The highest BCUT2D eigenvalue weighted by Crippen LogP contribution is 2.30. The third-order valence-electron chi connectivity index (χ3n) is 5.49. The molecule has 1 aliphatic rings. The average molecular weight is 432 g/mol. The number of carbonyl (C=O) groups excluding carboxylic acids is 1. The van der Waals surface area contributed by atoms with Crippen LogP contribution >= 0.6 is 0 Å². The summed E-state index contributed by atoms with van der Waals surface area (Å²) in [5.41, 5.74) is -1.26. The number of benzene rings is 1. The lowest BCUT2D eigenvalue weighted by Crippen LogP contribution is -2.45. The lowest BCUT2D eigenvalue weighted by Gasteiger charge is -2.32. The van der Waals surface area contributed by atoms with Crippen molar-refractivity contribution in [2.24, 2.45) is 0 Å². The van der Waals surface area contributed by atoms with E-state index >= 15 is 0 Å². The van der Waals surface area contributed by atoms with Gasteiger partial charge in [-0.1, -0.05) is 18.2 Å². The lowest BCUT2D eigenvalue weighted by atomic mass is 10.0. The standard InChI is InChI=1S/C21H19F3N4O3/c22-21(23,24)14-4-1-3-13(11-14)12-17(29)27-9-6-15(7-10-27)28-19(30)16-5-2-8-25-18(16)26-20(28)31/h1-5,8,11,15H,6-7,9-10,12H2,(H,25,26,31). The maximum Gasteiger partial charge on any atom is 0.416 e. The zero-order valence-corrected chi connectivity index (χ0v) is 16.4. The van der Waals surface area contributed by atoms with E-state index in [-0.39, 0.29) is 29.6 Å². The van der Waals surface area contributed by atoms with Gasteiger partial charge < -0.3 is 4.90 Å². The number of piperidine rings is 1. The van der Waals surface area contributed by atoms with E-state index in [0.717, 1.165) is 12.1 Å². The van der Waals surface area contributed by atoms with Crippen LogP contribution in [0.5, 0.6) is 0 Å². The molecule has 0 atom stereocenters. The number of rotatable bonds is 3. The minimum absolute atomic E-state index is 0.142. The number of pyridine rings is 1. The van der Waals surface area contributed by atoms with Crippen LogP contribution in [0.4, 0.5) is 13.2 Å². The first-order chi connectivity index (χ1) is 14.7. The Morgan fingerprint density at radius 1 is 1.13 bits per heavy atom. The van der Waals surface area contributed by atoms with E-state index in [1.807, 2.05) is 0 Å². The molecule has 0 spiro atoms. The summed E-state index contributed by atoms with van der Waals surface area (Å²) in [5.74, 6) is -0.290. The minimum Gasteiger partial charge on any atom is -0.342 e. The van der Waals surface area contributed by atoms with Gasteiger partial charge in [0.15, 0.2) is 0 Å². The maximum absolute atomic E-state index is 12.9. The molecule has 1 amide bonds. The number of aromatic nitrogens is 3. The van der Waals surface area contributed by atoms with Crippen molar-refractivity contribution in [2.75, 3.05) is 13.1 Å². The van der Waals surface area contributed by atoms with E-state index < -0.39 is 23.0 Å². The summed E-state index contributed by atoms with van der Waals surface area (Å²) in [6.45, 7) is 0.610. The van der Waals surface area contributed by atoms with Crippen molar-refractivity contribution >= 4 is 16.9 Å². The quantitative estimate of drug-likeness (QED) is 0.689. The number of H-pyrrole nitrogens is 1. The topological polar surface area (TPSA) is 88.1 Å². The highest BCUT2D eigenvalue weighted by Gasteiger charge is 2.31. The Morgan fingerprint density at radius 3 is 2.58 bits per heavy atom. The van der Waals surface area contributed by atoms with E-state index in [4.69, 9.17) is 0 Å². The number of fused-ring (bicyclic) bond motifs is 1. The molecule has 2 aromatic heterocycles. The van der Waals surface area contributed by atoms with Gasteiger partial charge >= 0.3 is 11.9 Å². The number of likely N-dealkylation sites (tertiary alicyclic amines) is 1. The molecule has 10 heteroatoms. The van der Waals surface area contributed by atoms with E-state index in [1.54, 1.807) is 17.0 Å². The van der Waals surface area contributed by atoms with Crippen LogP contribution in [0.15, 0.2) is 52.2 Å². The van der Waals surface area contributed by atoms with Crippen molar-refractivity contribution in [3.63, 3.8) is 0 Å². The van der Waals surface area contributed by atoms with Gasteiger partial charge in [-0.3, -0.25) is 19.1 Å². The van der Waals surface area contributed by atoms with Crippen molar-refractivity contribution in [1.82, 2.24) is 19.4 Å². The average Bonchev–Trinajstić information content (AvgIpc) is 2.74. The SMILES string of the molecule is O=C(Cc1cccc(C(F)(F)F)c1)N1CCC(n2c(=O)[nH]c3ncccc3c2=O)CC1. The highest BCUT2D eigenvalue weighted by atomic mass is 19.4. The molecule has 31 heavy (non-hydrogen) atoms. The molecule has 4 rings (SSSR count). The summed E-state index contributed by atoms with van der Waals surface area (Å²) in [6, 6.07) is 7.54. The molecule has 1 aliphatic heterocycles. The molecular formula is C21H19F3N4O3. The Hall–Kier alpha value is -3.43. The smallest absolute Gasteiger partial charge is 0.342 e. The molecule has 1 saturated heterocycles. The Kier molecular flexibility index (Phi) is 5.38. The van der Waals surface area contributed by atoms with Crippen LogP contribution in [-0.4, -0.2) is 38.4 Å². The second kappa shape index (κ2) is 8.01. The lowest BCUT2D eigenvalue weighted by molar-refractivity contribution is -0.138. The van der Waals surface area contributed by atoms with E-state index in [1.165, 1.54) is 22.9 Å².